The molecule has 1 N–H and O–H groups in total. The molecule has 1 saturated heterocycles. The third kappa shape index (κ3) is 3.78. The summed E-state index contributed by atoms with van der Waals surface area (Å²) in [7, 11) is 4.02. The van der Waals surface area contributed by atoms with Crippen LogP contribution in [0, 0.1) is 0 Å². The van der Waals surface area contributed by atoms with E-state index in [2.05, 4.69) is 14.9 Å². The lowest BCUT2D eigenvalue weighted by Crippen LogP contribution is -2.42. The Morgan fingerprint density at radius 1 is 1.39 bits per heavy atom. The van der Waals surface area contributed by atoms with Crippen molar-refractivity contribution < 1.29 is 9.53 Å². The molecule has 1 aromatic carbocycles. The fraction of sp³-hybridized carbons (Fsp3) is 0.412. The van der Waals surface area contributed by atoms with Crippen molar-refractivity contribution in [2.24, 2.45) is 0 Å². The number of nitrogens with one attached hydrogen (secondary N) is 1. The quantitative estimate of drug-likeness (QED) is 0.933. The molecule has 1 aliphatic rings. The van der Waals surface area contributed by atoms with Crippen LogP contribution in [0.15, 0.2) is 36.5 Å². The van der Waals surface area contributed by atoms with Crippen LogP contribution in [-0.4, -0.2) is 59.5 Å². The molecule has 0 radical (unpaired) electrons. The molecule has 1 atom stereocenters. The zero-order valence-corrected chi connectivity index (χ0v) is 13.5. The molecule has 1 aromatic heterocycles. The van der Waals surface area contributed by atoms with Crippen molar-refractivity contribution in [1.29, 1.82) is 0 Å². The van der Waals surface area contributed by atoms with Gasteiger partial charge in [-0.05, 0) is 26.2 Å². The topological polar surface area (TPSA) is 61.5 Å². The van der Waals surface area contributed by atoms with E-state index in [0.29, 0.717) is 25.3 Å². The number of amides is 1. The number of hydrogen-bond donors (Lipinski definition) is 1. The smallest absolute Gasteiger partial charge is 0.254 e. The maximum Gasteiger partial charge on any atom is 0.254 e. The number of imidazole rings is 1. The van der Waals surface area contributed by atoms with E-state index in [4.69, 9.17) is 4.74 Å². The standard InChI is InChI=1S/C17H22N4O2/c1-20(2)11-14-10-18-16(19-14)15-12-21(8-9-23-15)17(22)13-6-4-3-5-7-13/h3-7,10,15H,8-9,11-12H2,1-2H3,(H,18,19)/t15-/m0/s1. The van der Waals surface area contributed by atoms with Gasteiger partial charge in [0.05, 0.1) is 13.2 Å². The zero-order valence-electron chi connectivity index (χ0n) is 13.5. The summed E-state index contributed by atoms with van der Waals surface area (Å²) in [6, 6.07) is 9.36. The van der Waals surface area contributed by atoms with Gasteiger partial charge < -0.3 is 19.5 Å². The van der Waals surface area contributed by atoms with Gasteiger partial charge in [0.1, 0.15) is 11.9 Å². The SMILES string of the molecule is CN(C)Cc1cnc([C@@H]2CN(C(=O)c3ccccc3)CCO2)[nH]1. The summed E-state index contributed by atoms with van der Waals surface area (Å²) >= 11 is 0. The second-order valence-corrected chi connectivity index (χ2v) is 6.01. The van der Waals surface area contributed by atoms with E-state index >= 15 is 0 Å². The number of ether oxygens (including phenoxy) is 1. The van der Waals surface area contributed by atoms with Crippen molar-refractivity contribution >= 4 is 5.91 Å². The Labute approximate surface area is 136 Å². The molecule has 6 heteroatoms. The largest absolute Gasteiger partial charge is 0.367 e. The number of rotatable bonds is 4. The van der Waals surface area contributed by atoms with Crippen LogP contribution in [0.4, 0.5) is 0 Å². The number of aromatic nitrogens is 2. The van der Waals surface area contributed by atoms with E-state index in [1.54, 1.807) is 0 Å². The number of hydrogen-bond acceptors (Lipinski definition) is 4. The van der Waals surface area contributed by atoms with Gasteiger partial charge >= 0.3 is 0 Å². The van der Waals surface area contributed by atoms with E-state index in [1.165, 1.54) is 0 Å². The molecule has 3 rings (SSSR count). The number of benzene rings is 1. The van der Waals surface area contributed by atoms with E-state index in [0.717, 1.165) is 18.1 Å². The number of H-pyrrole nitrogens is 1. The molecule has 0 unspecified atom stereocenters. The highest BCUT2D eigenvalue weighted by Crippen LogP contribution is 2.21. The molecule has 1 amide bonds. The summed E-state index contributed by atoms with van der Waals surface area (Å²) in [5.41, 5.74) is 1.75. The predicted molar refractivity (Wildman–Crippen MR) is 87.0 cm³/mol. The van der Waals surface area contributed by atoms with Crippen molar-refractivity contribution in [3.63, 3.8) is 0 Å². The molecule has 0 saturated carbocycles. The van der Waals surface area contributed by atoms with Gasteiger partial charge in [0, 0.05) is 30.5 Å². The first-order valence-electron chi connectivity index (χ1n) is 7.78. The molecule has 122 valence electrons. The summed E-state index contributed by atoms with van der Waals surface area (Å²) in [5.74, 6) is 0.825. The normalized spacial score (nSPS) is 18.4. The summed E-state index contributed by atoms with van der Waals surface area (Å²) in [4.78, 5) is 24.2. The summed E-state index contributed by atoms with van der Waals surface area (Å²) in [6.07, 6.45) is 1.63. The lowest BCUT2D eigenvalue weighted by Gasteiger charge is -2.32. The zero-order chi connectivity index (χ0) is 16.2. The lowest BCUT2D eigenvalue weighted by molar-refractivity contribution is -0.0265. The van der Waals surface area contributed by atoms with Crippen molar-refractivity contribution in [3.8, 4) is 0 Å². The Bertz CT molecular complexity index is 654. The third-order valence-electron chi connectivity index (χ3n) is 3.81. The molecule has 2 aromatic rings. The van der Waals surface area contributed by atoms with Crippen molar-refractivity contribution in [2.45, 2.75) is 12.6 Å². The minimum Gasteiger partial charge on any atom is -0.367 e. The Balaban J connectivity index is 1.68. The van der Waals surface area contributed by atoms with Gasteiger partial charge in [0.15, 0.2) is 0 Å². The minimum atomic E-state index is -0.202. The summed E-state index contributed by atoms with van der Waals surface area (Å²) < 4.78 is 5.80. The first-order valence-corrected chi connectivity index (χ1v) is 7.78. The Morgan fingerprint density at radius 2 is 2.17 bits per heavy atom. The number of carbonyl (C=O) groups excluding carboxylic acids is 1. The van der Waals surface area contributed by atoms with Gasteiger partial charge in [0.2, 0.25) is 0 Å². The molecule has 23 heavy (non-hydrogen) atoms. The number of carbonyl (C=O) groups is 1. The monoisotopic (exact) mass is 314 g/mol. The summed E-state index contributed by atoms with van der Waals surface area (Å²) in [5, 5.41) is 0. The number of aromatic amines is 1. The molecule has 1 aliphatic heterocycles. The molecular weight excluding hydrogens is 292 g/mol. The number of nitrogens with zero attached hydrogens (tertiary/aromatic N) is 3. The van der Waals surface area contributed by atoms with E-state index in [-0.39, 0.29) is 12.0 Å². The van der Waals surface area contributed by atoms with Crippen LogP contribution in [0.2, 0.25) is 0 Å². The van der Waals surface area contributed by atoms with Crippen LogP contribution in [0.25, 0.3) is 0 Å². The maximum absolute atomic E-state index is 12.6. The maximum atomic E-state index is 12.6. The van der Waals surface area contributed by atoms with Gasteiger partial charge in [-0.25, -0.2) is 4.98 Å². The fourth-order valence-electron chi connectivity index (χ4n) is 2.72. The highest BCUT2D eigenvalue weighted by molar-refractivity contribution is 5.94. The first kappa shape index (κ1) is 15.7. The van der Waals surface area contributed by atoms with E-state index in [9.17, 15) is 4.79 Å². The van der Waals surface area contributed by atoms with Gasteiger partial charge in [-0.1, -0.05) is 18.2 Å². The molecule has 2 heterocycles. The van der Waals surface area contributed by atoms with Crippen molar-refractivity contribution in [1.82, 2.24) is 19.8 Å². The molecule has 1 fully saturated rings. The summed E-state index contributed by atoms with van der Waals surface area (Å²) in [6.45, 7) is 2.44. The Morgan fingerprint density at radius 3 is 2.91 bits per heavy atom. The fourth-order valence-corrected chi connectivity index (χ4v) is 2.72. The predicted octanol–water partition coefficient (Wildman–Crippen LogP) is 1.69. The van der Waals surface area contributed by atoms with Crippen LogP contribution in [0.3, 0.4) is 0 Å². The average Bonchev–Trinajstić information content (AvgIpc) is 3.03. The second-order valence-electron chi connectivity index (χ2n) is 6.01. The van der Waals surface area contributed by atoms with Crippen LogP contribution < -0.4 is 0 Å². The van der Waals surface area contributed by atoms with Crippen molar-refractivity contribution in [3.05, 3.63) is 53.6 Å². The van der Waals surface area contributed by atoms with Gasteiger partial charge in [-0.15, -0.1) is 0 Å². The van der Waals surface area contributed by atoms with Crippen LogP contribution in [0.5, 0.6) is 0 Å². The van der Waals surface area contributed by atoms with Crippen LogP contribution in [0.1, 0.15) is 28.0 Å². The Kier molecular flexibility index (Phi) is 4.73. The first-order chi connectivity index (χ1) is 11.1. The van der Waals surface area contributed by atoms with Crippen LogP contribution in [-0.2, 0) is 11.3 Å². The van der Waals surface area contributed by atoms with E-state index in [1.807, 2.05) is 55.5 Å². The van der Waals surface area contributed by atoms with Crippen LogP contribution >= 0.6 is 0 Å². The minimum absolute atomic E-state index is 0.0407. The highest BCUT2D eigenvalue weighted by Gasteiger charge is 2.27. The highest BCUT2D eigenvalue weighted by atomic mass is 16.5. The molecule has 6 nitrogen and oxygen atoms in total. The van der Waals surface area contributed by atoms with Gasteiger partial charge in [-0.3, -0.25) is 4.79 Å². The average molecular weight is 314 g/mol. The third-order valence-corrected chi connectivity index (χ3v) is 3.81. The molecule has 0 aliphatic carbocycles. The molecule has 0 bridgehead atoms. The van der Waals surface area contributed by atoms with Crippen molar-refractivity contribution in [2.75, 3.05) is 33.8 Å². The Hall–Kier alpha value is -2.18. The van der Waals surface area contributed by atoms with E-state index < -0.39 is 0 Å². The lowest BCUT2D eigenvalue weighted by atomic mass is 10.1. The molecule has 0 spiro atoms. The number of morpholine rings is 1. The van der Waals surface area contributed by atoms with Gasteiger partial charge in [0.25, 0.3) is 5.91 Å². The molecular formula is C17H22N4O2. The second kappa shape index (κ2) is 6.93. The van der Waals surface area contributed by atoms with Gasteiger partial charge in [-0.2, -0.15) is 0 Å².